The number of non-ortho nitro benzene ring substituents is 1. The molecular weight excluding hydrogens is 384 g/mol. The SMILES string of the molecule is Cc1nn(C(=O)c2ccc([N+](=O)[O-])cc2[N+](=O)[O-])c(C)c1Sc1ccccc1. The summed E-state index contributed by atoms with van der Waals surface area (Å²) in [4.78, 5) is 35.3. The summed E-state index contributed by atoms with van der Waals surface area (Å²) in [6.07, 6.45) is 0. The van der Waals surface area contributed by atoms with E-state index in [0.717, 1.165) is 32.7 Å². The Kier molecular flexibility index (Phi) is 5.23. The van der Waals surface area contributed by atoms with E-state index in [1.54, 1.807) is 13.8 Å². The second kappa shape index (κ2) is 7.61. The van der Waals surface area contributed by atoms with Crippen LogP contribution in [0.4, 0.5) is 11.4 Å². The van der Waals surface area contributed by atoms with Crippen LogP contribution < -0.4 is 0 Å². The molecule has 0 radical (unpaired) electrons. The van der Waals surface area contributed by atoms with Crippen molar-refractivity contribution in [1.82, 2.24) is 9.78 Å². The zero-order valence-electron chi connectivity index (χ0n) is 14.9. The van der Waals surface area contributed by atoms with Crippen molar-refractivity contribution in [2.75, 3.05) is 0 Å². The lowest BCUT2D eigenvalue weighted by Gasteiger charge is -2.05. The molecule has 2 aromatic carbocycles. The van der Waals surface area contributed by atoms with Gasteiger partial charge in [-0.15, -0.1) is 0 Å². The Hall–Kier alpha value is -3.53. The standard InChI is InChI=1S/C18H14N4O5S/c1-11-17(28-14-6-4-3-5-7-14)12(2)20(19-11)18(23)15-9-8-13(21(24)25)10-16(15)22(26)27/h3-10H,1-2H3. The highest BCUT2D eigenvalue weighted by Gasteiger charge is 2.27. The average Bonchev–Trinajstić information content (AvgIpc) is 2.96. The molecule has 10 heteroatoms. The first-order valence-corrected chi connectivity index (χ1v) is 8.88. The highest BCUT2D eigenvalue weighted by Crippen LogP contribution is 2.33. The molecule has 0 aliphatic heterocycles. The van der Waals surface area contributed by atoms with Crippen molar-refractivity contribution in [3.63, 3.8) is 0 Å². The van der Waals surface area contributed by atoms with Crippen molar-refractivity contribution in [1.29, 1.82) is 0 Å². The molecule has 3 aromatic rings. The second-order valence-electron chi connectivity index (χ2n) is 5.85. The Balaban J connectivity index is 2.03. The van der Waals surface area contributed by atoms with Gasteiger partial charge in [0.2, 0.25) is 0 Å². The third-order valence-corrected chi connectivity index (χ3v) is 5.30. The fourth-order valence-corrected chi connectivity index (χ4v) is 3.61. The number of carbonyl (C=O) groups excluding carboxylic acids is 1. The molecule has 1 heterocycles. The lowest BCUT2D eigenvalue weighted by molar-refractivity contribution is -0.394. The molecule has 9 nitrogen and oxygen atoms in total. The van der Waals surface area contributed by atoms with Crippen LogP contribution in [-0.4, -0.2) is 25.5 Å². The zero-order valence-corrected chi connectivity index (χ0v) is 15.7. The van der Waals surface area contributed by atoms with Crippen molar-refractivity contribution in [2.45, 2.75) is 23.6 Å². The Morgan fingerprint density at radius 2 is 1.71 bits per heavy atom. The number of hydrogen-bond donors (Lipinski definition) is 0. The first-order chi connectivity index (χ1) is 13.3. The molecule has 3 rings (SSSR count). The molecule has 0 fully saturated rings. The maximum absolute atomic E-state index is 12.9. The summed E-state index contributed by atoms with van der Waals surface area (Å²) in [6.45, 7) is 3.44. The molecule has 0 spiro atoms. The van der Waals surface area contributed by atoms with Crippen LogP contribution in [0.3, 0.4) is 0 Å². The molecule has 0 aliphatic rings. The van der Waals surface area contributed by atoms with Gasteiger partial charge >= 0.3 is 0 Å². The predicted molar refractivity (Wildman–Crippen MR) is 102 cm³/mol. The fraction of sp³-hybridized carbons (Fsp3) is 0.111. The van der Waals surface area contributed by atoms with Gasteiger partial charge in [-0.3, -0.25) is 25.0 Å². The molecule has 0 saturated carbocycles. The number of nitrogens with zero attached hydrogens (tertiary/aromatic N) is 4. The van der Waals surface area contributed by atoms with Gasteiger partial charge < -0.3 is 0 Å². The maximum atomic E-state index is 12.9. The van der Waals surface area contributed by atoms with Crippen LogP contribution >= 0.6 is 11.8 Å². The van der Waals surface area contributed by atoms with Gasteiger partial charge in [-0.2, -0.15) is 9.78 Å². The van der Waals surface area contributed by atoms with Crippen LogP contribution in [0.25, 0.3) is 0 Å². The van der Waals surface area contributed by atoms with Gasteiger partial charge in [0.05, 0.1) is 32.2 Å². The van der Waals surface area contributed by atoms with E-state index >= 15 is 0 Å². The highest BCUT2D eigenvalue weighted by atomic mass is 32.2. The van der Waals surface area contributed by atoms with E-state index in [1.165, 1.54) is 11.8 Å². The summed E-state index contributed by atoms with van der Waals surface area (Å²) in [6, 6.07) is 12.4. The molecule has 0 N–H and O–H groups in total. The second-order valence-corrected chi connectivity index (χ2v) is 6.93. The van der Waals surface area contributed by atoms with Crippen LogP contribution in [0.15, 0.2) is 58.3 Å². The van der Waals surface area contributed by atoms with Crippen LogP contribution in [-0.2, 0) is 0 Å². The van der Waals surface area contributed by atoms with Gasteiger partial charge in [0.25, 0.3) is 17.3 Å². The first-order valence-electron chi connectivity index (χ1n) is 8.06. The minimum atomic E-state index is -0.814. The van der Waals surface area contributed by atoms with Crippen LogP contribution in [0.1, 0.15) is 21.7 Å². The molecular formula is C18H14N4O5S. The number of nitro benzene ring substituents is 2. The van der Waals surface area contributed by atoms with Gasteiger partial charge in [0.15, 0.2) is 0 Å². The van der Waals surface area contributed by atoms with Gasteiger partial charge in [-0.25, -0.2) is 0 Å². The molecule has 142 valence electrons. The summed E-state index contributed by atoms with van der Waals surface area (Å²) < 4.78 is 1.09. The molecule has 0 atom stereocenters. The Morgan fingerprint density at radius 3 is 2.32 bits per heavy atom. The molecule has 0 unspecified atom stereocenters. The number of aromatic nitrogens is 2. The minimum Gasteiger partial charge on any atom is -0.266 e. The van der Waals surface area contributed by atoms with Gasteiger partial charge in [-0.1, -0.05) is 30.0 Å². The van der Waals surface area contributed by atoms with Crippen LogP contribution in [0, 0.1) is 34.1 Å². The van der Waals surface area contributed by atoms with Crippen molar-refractivity contribution < 1.29 is 14.6 Å². The van der Waals surface area contributed by atoms with Crippen molar-refractivity contribution in [3.05, 3.63) is 85.7 Å². The van der Waals surface area contributed by atoms with E-state index in [1.807, 2.05) is 30.3 Å². The minimum absolute atomic E-state index is 0.266. The first kappa shape index (κ1) is 19.2. The van der Waals surface area contributed by atoms with E-state index in [2.05, 4.69) is 5.10 Å². The molecule has 0 amide bonds. The van der Waals surface area contributed by atoms with Crippen LogP contribution in [0.2, 0.25) is 0 Å². The quantitative estimate of drug-likeness (QED) is 0.467. The Bertz CT molecular complexity index is 1090. The molecule has 1 aromatic heterocycles. The summed E-state index contributed by atoms with van der Waals surface area (Å²) >= 11 is 1.43. The number of carbonyl (C=O) groups is 1. The maximum Gasteiger partial charge on any atom is 0.289 e. The normalized spacial score (nSPS) is 10.6. The van der Waals surface area contributed by atoms with E-state index in [4.69, 9.17) is 0 Å². The summed E-state index contributed by atoms with van der Waals surface area (Å²) in [7, 11) is 0. The number of rotatable bonds is 5. The number of benzene rings is 2. The topological polar surface area (TPSA) is 121 Å². The number of aryl methyl sites for hydroxylation is 1. The molecule has 0 saturated heterocycles. The lowest BCUT2D eigenvalue weighted by atomic mass is 10.1. The monoisotopic (exact) mass is 398 g/mol. The third kappa shape index (κ3) is 3.62. The fourth-order valence-electron chi connectivity index (χ4n) is 2.66. The zero-order chi connectivity index (χ0) is 20.4. The summed E-state index contributed by atoms with van der Waals surface area (Å²) in [5.74, 6) is -0.720. The van der Waals surface area contributed by atoms with Crippen molar-refractivity contribution in [2.24, 2.45) is 0 Å². The predicted octanol–water partition coefficient (Wildman–Crippen LogP) is 4.16. The largest absolute Gasteiger partial charge is 0.289 e. The number of nitro groups is 2. The van der Waals surface area contributed by atoms with E-state index < -0.39 is 27.1 Å². The lowest BCUT2D eigenvalue weighted by Crippen LogP contribution is -2.17. The van der Waals surface area contributed by atoms with Gasteiger partial charge in [-0.05, 0) is 32.0 Å². The van der Waals surface area contributed by atoms with E-state index in [9.17, 15) is 25.0 Å². The Labute approximate surface area is 163 Å². The van der Waals surface area contributed by atoms with E-state index in [0.29, 0.717) is 11.4 Å². The highest BCUT2D eigenvalue weighted by molar-refractivity contribution is 7.99. The number of hydrogen-bond acceptors (Lipinski definition) is 7. The van der Waals surface area contributed by atoms with Crippen molar-refractivity contribution >= 4 is 29.0 Å². The van der Waals surface area contributed by atoms with Gasteiger partial charge in [0.1, 0.15) is 5.56 Å². The van der Waals surface area contributed by atoms with Crippen LogP contribution in [0.5, 0.6) is 0 Å². The van der Waals surface area contributed by atoms with Gasteiger partial charge in [0, 0.05) is 11.0 Å². The Morgan fingerprint density at radius 1 is 1.04 bits per heavy atom. The molecule has 0 bridgehead atoms. The smallest absolute Gasteiger partial charge is 0.266 e. The summed E-state index contributed by atoms with van der Waals surface area (Å²) in [5, 5.41) is 26.4. The molecule has 0 aliphatic carbocycles. The third-order valence-electron chi connectivity index (χ3n) is 4.00. The average molecular weight is 398 g/mol. The molecule has 28 heavy (non-hydrogen) atoms. The van der Waals surface area contributed by atoms with E-state index in [-0.39, 0.29) is 5.56 Å². The summed E-state index contributed by atoms with van der Waals surface area (Å²) in [5.41, 5.74) is -0.230. The van der Waals surface area contributed by atoms with Crippen molar-refractivity contribution in [3.8, 4) is 0 Å².